The van der Waals surface area contributed by atoms with Crippen LogP contribution in [0.15, 0.2) is 42.7 Å². The predicted octanol–water partition coefficient (Wildman–Crippen LogP) is 1.09. The molecule has 1 amide bonds. The summed E-state index contributed by atoms with van der Waals surface area (Å²) in [5.74, 6) is -4.35. The number of nitrogens with one attached hydrogen (secondary N) is 3. The third-order valence-corrected chi connectivity index (χ3v) is 5.13. The maximum Gasteiger partial charge on any atom is 0.372 e. The SMILES string of the molecule is N=C(N)c1ccc(CC(=O)C(=O)O)c(OC[C@@H](CCC(=O)O)NC(=O)c2ccc3nc[nH]c3c2)c1. The zero-order valence-corrected chi connectivity index (χ0v) is 18.4. The van der Waals surface area contributed by atoms with Gasteiger partial charge in [0, 0.05) is 29.5 Å². The van der Waals surface area contributed by atoms with E-state index in [9.17, 15) is 19.2 Å². The van der Waals surface area contributed by atoms with Crippen molar-refractivity contribution >= 4 is 40.5 Å². The molecule has 0 saturated heterocycles. The molecule has 0 aliphatic rings. The van der Waals surface area contributed by atoms with E-state index < -0.39 is 36.1 Å². The van der Waals surface area contributed by atoms with Crippen molar-refractivity contribution in [1.29, 1.82) is 5.41 Å². The van der Waals surface area contributed by atoms with Gasteiger partial charge in [0.1, 0.15) is 18.2 Å². The molecule has 1 atom stereocenters. The van der Waals surface area contributed by atoms with Crippen LogP contribution in [0.3, 0.4) is 0 Å². The fourth-order valence-electron chi connectivity index (χ4n) is 3.28. The number of Topliss-reactive ketones (excluding diaryl/α,β-unsaturated/α-hetero) is 1. The minimum absolute atomic E-state index is 0.0448. The summed E-state index contributed by atoms with van der Waals surface area (Å²) >= 11 is 0. The average Bonchev–Trinajstić information content (AvgIpc) is 3.29. The second-order valence-corrected chi connectivity index (χ2v) is 7.69. The van der Waals surface area contributed by atoms with E-state index in [1.807, 2.05) is 0 Å². The molecule has 0 aliphatic heterocycles. The highest BCUT2D eigenvalue weighted by molar-refractivity contribution is 6.33. The van der Waals surface area contributed by atoms with Crippen molar-refractivity contribution in [2.24, 2.45) is 5.73 Å². The van der Waals surface area contributed by atoms with E-state index in [1.54, 1.807) is 18.2 Å². The molecular weight excluding hydrogens is 458 g/mol. The molecule has 0 saturated carbocycles. The van der Waals surface area contributed by atoms with Crippen LogP contribution in [0.25, 0.3) is 11.0 Å². The molecule has 7 N–H and O–H groups in total. The number of carbonyl (C=O) groups is 4. The van der Waals surface area contributed by atoms with Gasteiger partial charge >= 0.3 is 11.9 Å². The maximum absolute atomic E-state index is 12.8. The number of nitrogens with zero attached hydrogens (tertiary/aromatic N) is 1. The predicted molar refractivity (Wildman–Crippen MR) is 124 cm³/mol. The number of rotatable bonds is 12. The van der Waals surface area contributed by atoms with Crippen molar-refractivity contribution in [1.82, 2.24) is 15.3 Å². The molecule has 12 nitrogen and oxygen atoms in total. The second kappa shape index (κ2) is 10.9. The van der Waals surface area contributed by atoms with Gasteiger partial charge in [0.05, 0.1) is 23.4 Å². The van der Waals surface area contributed by atoms with Crippen LogP contribution in [0.4, 0.5) is 0 Å². The Hall–Kier alpha value is -4.74. The number of aromatic nitrogens is 2. The molecule has 2 aromatic carbocycles. The first-order valence-corrected chi connectivity index (χ1v) is 10.5. The van der Waals surface area contributed by atoms with Crippen LogP contribution in [-0.2, 0) is 20.8 Å². The Morgan fingerprint density at radius 1 is 1.11 bits per heavy atom. The number of H-pyrrole nitrogens is 1. The summed E-state index contributed by atoms with van der Waals surface area (Å²) in [6.07, 6.45) is 0.839. The number of amidine groups is 1. The molecule has 182 valence electrons. The van der Waals surface area contributed by atoms with Gasteiger partial charge in [-0.15, -0.1) is 0 Å². The van der Waals surface area contributed by atoms with Gasteiger partial charge in [0.2, 0.25) is 5.78 Å². The molecule has 0 fully saturated rings. The molecule has 0 aliphatic carbocycles. The Morgan fingerprint density at radius 3 is 2.54 bits per heavy atom. The number of fused-ring (bicyclic) bond motifs is 1. The summed E-state index contributed by atoms with van der Waals surface area (Å²) in [6, 6.07) is 8.39. The lowest BCUT2D eigenvalue weighted by molar-refractivity contribution is -0.148. The number of amides is 1. The lowest BCUT2D eigenvalue weighted by Crippen LogP contribution is -2.39. The van der Waals surface area contributed by atoms with Gasteiger partial charge in [0.25, 0.3) is 5.91 Å². The highest BCUT2D eigenvalue weighted by atomic mass is 16.5. The molecule has 1 heterocycles. The number of carboxylic acids is 2. The van der Waals surface area contributed by atoms with E-state index in [0.29, 0.717) is 16.6 Å². The Labute approximate surface area is 198 Å². The lowest BCUT2D eigenvalue weighted by Gasteiger charge is -2.20. The third kappa shape index (κ3) is 6.63. The minimum Gasteiger partial charge on any atom is -0.491 e. The van der Waals surface area contributed by atoms with E-state index >= 15 is 0 Å². The highest BCUT2D eigenvalue weighted by Crippen LogP contribution is 2.22. The molecule has 3 rings (SSSR count). The van der Waals surface area contributed by atoms with Crippen molar-refractivity contribution in [3.05, 3.63) is 59.4 Å². The summed E-state index contributed by atoms with van der Waals surface area (Å²) in [5, 5.41) is 28.4. The van der Waals surface area contributed by atoms with Crippen molar-refractivity contribution in [3.8, 4) is 5.75 Å². The van der Waals surface area contributed by atoms with Crippen LogP contribution in [-0.4, -0.2) is 62.3 Å². The Bertz CT molecular complexity index is 1300. The number of hydrogen-bond acceptors (Lipinski definition) is 7. The number of hydrogen-bond donors (Lipinski definition) is 6. The molecule has 12 heteroatoms. The summed E-state index contributed by atoms with van der Waals surface area (Å²) in [5.41, 5.74) is 7.71. The fourth-order valence-corrected chi connectivity index (χ4v) is 3.28. The van der Waals surface area contributed by atoms with E-state index in [0.717, 1.165) is 0 Å². The first kappa shape index (κ1) is 24.9. The number of carboxylic acid groups (broad SMARTS) is 2. The number of ether oxygens (including phenoxy) is 1. The van der Waals surface area contributed by atoms with Gasteiger partial charge in [-0.2, -0.15) is 0 Å². The van der Waals surface area contributed by atoms with Gasteiger partial charge < -0.3 is 31.0 Å². The number of aliphatic carboxylic acids is 2. The molecule has 0 radical (unpaired) electrons. The lowest BCUT2D eigenvalue weighted by atomic mass is 10.0. The first-order valence-electron chi connectivity index (χ1n) is 10.5. The number of nitrogen functional groups attached to an aromatic ring is 1. The van der Waals surface area contributed by atoms with Crippen LogP contribution in [0.5, 0.6) is 5.75 Å². The van der Waals surface area contributed by atoms with E-state index in [-0.39, 0.29) is 42.2 Å². The molecule has 35 heavy (non-hydrogen) atoms. The Balaban J connectivity index is 1.79. The van der Waals surface area contributed by atoms with Crippen LogP contribution in [0.1, 0.15) is 34.3 Å². The second-order valence-electron chi connectivity index (χ2n) is 7.69. The summed E-state index contributed by atoms with van der Waals surface area (Å²) in [6.45, 7) is -0.180. The first-order chi connectivity index (χ1) is 16.6. The zero-order chi connectivity index (χ0) is 25.5. The summed E-state index contributed by atoms with van der Waals surface area (Å²) in [4.78, 5) is 53.6. The Morgan fingerprint density at radius 2 is 1.86 bits per heavy atom. The Kier molecular flexibility index (Phi) is 7.77. The number of ketones is 1. The van der Waals surface area contributed by atoms with Crippen molar-refractivity contribution in [2.45, 2.75) is 25.3 Å². The molecule has 3 aromatic rings. The topological polar surface area (TPSA) is 209 Å². The molecule has 0 spiro atoms. The quantitative estimate of drug-likeness (QED) is 0.124. The number of carbonyl (C=O) groups excluding carboxylic acids is 2. The van der Waals surface area contributed by atoms with Gasteiger partial charge in [-0.05, 0) is 30.7 Å². The number of aromatic amines is 1. The standard InChI is InChI=1S/C23H23N5O7/c24-21(25)13-2-1-12(8-18(29)23(33)34)19(9-13)35-10-15(4-6-20(30)31)28-22(32)14-3-5-16-17(7-14)27-11-26-16/h1-3,5,7,9,11,15H,4,6,8,10H2,(H3,24,25)(H,26,27)(H,28,32)(H,30,31)(H,33,34)/t15-/m1/s1. The average molecular weight is 481 g/mol. The smallest absolute Gasteiger partial charge is 0.372 e. The number of benzene rings is 2. The van der Waals surface area contributed by atoms with Gasteiger partial charge in [0.15, 0.2) is 0 Å². The fraction of sp³-hybridized carbons (Fsp3) is 0.217. The molecule has 0 unspecified atom stereocenters. The van der Waals surface area contributed by atoms with Crippen molar-refractivity contribution in [3.63, 3.8) is 0 Å². The van der Waals surface area contributed by atoms with Gasteiger partial charge in [-0.3, -0.25) is 19.8 Å². The van der Waals surface area contributed by atoms with Crippen LogP contribution in [0.2, 0.25) is 0 Å². The molecular formula is C23H23N5O7. The number of imidazole rings is 1. The maximum atomic E-state index is 12.8. The normalized spacial score (nSPS) is 11.5. The highest BCUT2D eigenvalue weighted by Gasteiger charge is 2.20. The minimum atomic E-state index is -1.60. The van der Waals surface area contributed by atoms with E-state index in [4.69, 9.17) is 26.1 Å². The van der Waals surface area contributed by atoms with E-state index in [2.05, 4.69) is 15.3 Å². The van der Waals surface area contributed by atoms with Crippen LogP contribution in [0, 0.1) is 5.41 Å². The monoisotopic (exact) mass is 481 g/mol. The van der Waals surface area contributed by atoms with Gasteiger partial charge in [-0.1, -0.05) is 12.1 Å². The van der Waals surface area contributed by atoms with Crippen molar-refractivity contribution in [2.75, 3.05) is 6.61 Å². The van der Waals surface area contributed by atoms with Gasteiger partial charge in [-0.25, -0.2) is 9.78 Å². The number of nitrogens with two attached hydrogens (primary N) is 1. The summed E-state index contributed by atoms with van der Waals surface area (Å²) in [7, 11) is 0. The zero-order valence-electron chi connectivity index (χ0n) is 18.4. The summed E-state index contributed by atoms with van der Waals surface area (Å²) < 4.78 is 5.78. The van der Waals surface area contributed by atoms with Crippen LogP contribution < -0.4 is 15.8 Å². The van der Waals surface area contributed by atoms with E-state index in [1.165, 1.54) is 24.5 Å². The van der Waals surface area contributed by atoms with Crippen LogP contribution >= 0.6 is 0 Å². The molecule has 1 aromatic heterocycles. The largest absolute Gasteiger partial charge is 0.491 e. The molecule has 0 bridgehead atoms. The van der Waals surface area contributed by atoms with Crippen molar-refractivity contribution < 1.29 is 34.1 Å². The third-order valence-electron chi connectivity index (χ3n) is 5.13.